The van der Waals surface area contributed by atoms with Gasteiger partial charge < -0.3 is 16.5 Å². The van der Waals surface area contributed by atoms with Crippen LogP contribution in [-0.4, -0.2) is 26.6 Å². The highest BCUT2D eigenvalue weighted by Gasteiger charge is 2.25. The molecule has 30 heavy (non-hydrogen) atoms. The van der Waals surface area contributed by atoms with Crippen LogP contribution in [-0.2, 0) is 0 Å². The van der Waals surface area contributed by atoms with E-state index >= 15 is 0 Å². The van der Waals surface area contributed by atoms with E-state index in [0.29, 0.717) is 11.4 Å². The van der Waals surface area contributed by atoms with E-state index in [-0.39, 0.29) is 16.4 Å². The monoisotopic (exact) mass is 420 g/mol. The lowest BCUT2D eigenvalue weighted by molar-refractivity contribution is 0.0996. The molecule has 0 aliphatic rings. The van der Waals surface area contributed by atoms with Gasteiger partial charge in [-0.2, -0.15) is 5.10 Å². The lowest BCUT2D eigenvalue weighted by atomic mass is 10.1. The maximum atomic E-state index is 12.9. The molecule has 1 aromatic heterocycles. The second kappa shape index (κ2) is 9.48. The Morgan fingerprint density at radius 3 is 2.33 bits per heavy atom. The average molecular weight is 420 g/mol. The number of aromatic nitrogens is 2. The van der Waals surface area contributed by atoms with E-state index in [4.69, 9.17) is 5.73 Å². The normalized spacial score (nSPS) is 10.6. The summed E-state index contributed by atoms with van der Waals surface area (Å²) in [6.45, 7) is 1.74. The number of benzene rings is 2. The Morgan fingerprint density at radius 1 is 1.07 bits per heavy atom. The second-order valence-electron chi connectivity index (χ2n) is 6.21. The van der Waals surface area contributed by atoms with Crippen LogP contribution in [0.1, 0.15) is 26.5 Å². The first kappa shape index (κ1) is 20.7. The fourth-order valence-corrected chi connectivity index (χ4v) is 2.86. The van der Waals surface area contributed by atoms with Crippen LogP contribution in [0.2, 0.25) is 0 Å². The highest BCUT2D eigenvalue weighted by atomic mass is 32.1. The maximum Gasteiger partial charge on any atom is 0.276 e. The van der Waals surface area contributed by atoms with E-state index in [1.807, 2.05) is 36.4 Å². The van der Waals surface area contributed by atoms with Gasteiger partial charge in [0.15, 0.2) is 16.6 Å². The van der Waals surface area contributed by atoms with Crippen molar-refractivity contribution in [2.24, 2.45) is 5.73 Å². The maximum absolute atomic E-state index is 12.9. The lowest BCUT2D eigenvalue weighted by Crippen LogP contribution is -2.37. The van der Waals surface area contributed by atoms with Crippen molar-refractivity contribution < 1.29 is 9.59 Å². The molecule has 0 radical (unpaired) electrons. The van der Waals surface area contributed by atoms with Crippen molar-refractivity contribution >= 4 is 34.7 Å². The number of carbonyl (C=O) groups is 2. The molecule has 9 heteroatoms. The van der Waals surface area contributed by atoms with Gasteiger partial charge >= 0.3 is 0 Å². The number of hydrogen-bond acceptors (Lipinski definition) is 5. The molecule has 5 N–H and O–H groups in total. The topological polar surface area (TPSA) is 114 Å². The van der Waals surface area contributed by atoms with Gasteiger partial charge in [-0.3, -0.25) is 15.0 Å². The van der Waals surface area contributed by atoms with E-state index in [1.165, 1.54) is 12.3 Å². The standard InChI is InChI=1S/C21H20N6O2S/c1-14-18(17(28)12-13-23-25-21(22)30)19(20(29)24-15-8-4-2-5-9-15)26-27(14)16-10-6-3-7-11-16/h2-13,23H,1H3,(H,24,29)(H3,22,25,30)/b13-12+. The number of para-hydroxylation sites is 2. The summed E-state index contributed by atoms with van der Waals surface area (Å²) in [6.07, 6.45) is 2.61. The molecule has 0 fully saturated rings. The zero-order valence-corrected chi connectivity index (χ0v) is 16.9. The van der Waals surface area contributed by atoms with Gasteiger partial charge in [0, 0.05) is 18.0 Å². The molecule has 1 amide bonds. The predicted molar refractivity (Wildman–Crippen MR) is 119 cm³/mol. The molecule has 0 unspecified atom stereocenters. The zero-order valence-electron chi connectivity index (χ0n) is 16.1. The minimum atomic E-state index is -0.482. The molecule has 0 saturated carbocycles. The Kier molecular flexibility index (Phi) is 6.56. The molecule has 3 aromatic rings. The Labute approximate surface area is 178 Å². The van der Waals surface area contributed by atoms with Gasteiger partial charge in [-0.15, -0.1) is 0 Å². The van der Waals surface area contributed by atoms with Crippen molar-refractivity contribution in [3.63, 3.8) is 0 Å². The van der Waals surface area contributed by atoms with E-state index < -0.39 is 11.7 Å². The summed E-state index contributed by atoms with van der Waals surface area (Å²) >= 11 is 4.68. The van der Waals surface area contributed by atoms with E-state index in [2.05, 4.69) is 33.5 Å². The van der Waals surface area contributed by atoms with Crippen LogP contribution in [0.5, 0.6) is 0 Å². The van der Waals surface area contributed by atoms with Gasteiger partial charge in [-0.1, -0.05) is 36.4 Å². The summed E-state index contributed by atoms with van der Waals surface area (Å²) < 4.78 is 1.57. The molecule has 2 aromatic carbocycles. The third-order valence-corrected chi connectivity index (χ3v) is 4.23. The molecular formula is C21H20N6O2S. The van der Waals surface area contributed by atoms with Gasteiger partial charge in [0.05, 0.1) is 16.9 Å². The van der Waals surface area contributed by atoms with Gasteiger partial charge in [0.2, 0.25) is 0 Å². The summed E-state index contributed by atoms with van der Waals surface area (Å²) in [5.74, 6) is -0.880. The second-order valence-corrected chi connectivity index (χ2v) is 6.65. The first-order valence-corrected chi connectivity index (χ1v) is 9.41. The van der Waals surface area contributed by atoms with Crippen molar-refractivity contribution in [2.75, 3.05) is 5.32 Å². The summed E-state index contributed by atoms with van der Waals surface area (Å²) in [4.78, 5) is 25.8. The summed E-state index contributed by atoms with van der Waals surface area (Å²) in [5, 5.41) is 7.23. The molecule has 8 nitrogen and oxygen atoms in total. The fourth-order valence-electron chi connectivity index (χ4n) is 2.80. The molecule has 0 aliphatic heterocycles. The van der Waals surface area contributed by atoms with Crippen LogP contribution < -0.4 is 21.9 Å². The molecule has 0 bridgehead atoms. The highest BCUT2D eigenvalue weighted by Crippen LogP contribution is 2.21. The van der Waals surface area contributed by atoms with Crippen molar-refractivity contribution in [3.8, 4) is 5.69 Å². The van der Waals surface area contributed by atoms with Crippen molar-refractivity contribution in [3.05, 3.63) is 89.9 Å². The summed E-state index contributed by atoms with van der Waals surface area (Å²) in [5.41, 5.74) is 12.5. The predicted octanol–water partition coefficient (Wildman–Crippen LogP) is 2.47. The number of nitrogens with zero attached hydrogens (tertiary/aromatic N) is 2. The van der Waals surface area contributed by atoms with Crippen molar-refractivity contribution in [1.29, 1.82) is 0 Å². The number of hydrogen-bond donors (Lipinski definition) is 4. The number of hydrazine groups is 1. The number of amides is 1. The molecular weight excluding hydrogens is 400 g/mol. The number of thiocarbonyl (C=S) groups is 1. The number of carbonyl (C=O) groups excluding carboxylic acids is 2. The Balaban J connectivity index is 1.98. The number of allylic oxidation sites excluding steroid dienone is 1. The minimum absolute atomic E-state index is 0.0251. The first-order chi connectivity index (χ1) is 14.5. The zero-order chi connectivity index (χ0) is 21.5. The third-order valence-electron chi connectivity index (χ3n) is 4.12. The van der Waals surface area contributed by atoms with Gasteiger partial charge in [-0.25, -0.2) is 4.68 Å². The Hall–Kier alpha value is -3.98. The molecule has 3 rings (SSSR count). The Bertz CT molecular complexity index is 1090. The molecule has 0 spiro atoms. The number of rotatable bonds is 7. The largest absolute Gasteiger partial charge is 0.375 e. The molecule has 1 heterocycles. The van der Waals surface area contributed by atoms with Crippen LogP contribution >= 0.6 is 12.2 Å². The molecule has 152 valence electrons. The van der Waals surface area contributed by atoms with Crippen LogP contribution in [0.3, 0.4) is 0 Å². The molecule has 0 saturated heterocycles. The van der Waals surface area contributed by atoms with Crippen LogP contribution in [0, 0.1) is 6.92 Å². The first-order valence-electron chi connectivity index (χ1n) is 9.00. The van der Waals surface area contributed by atoms with E-state index in [1.54, 1.807) is 35.9 Å². The molecule has 0 aliphatic carbocycles. The van der Waals surface area contributed by atoms with Gasteiger partial charge in [-0.05, 0) is 43.4 Å². The van der Waals surface area contributed by atoms with Crippen LogP contribution in [0.4, 0.5) is 5.69 Å². The van der Waals surface area contributed by atoms with Crippen molar-refractivity contribution in [2.45, 2.75) is 6.92 Å². The van der Waals surface area contributed by atoms with Crippen LogP contribution in [0.25, 0.3) is 5.69 Å². The van der Waals surface area contributed by atoms with Gasteiger partial charge in [0.25, 0.3) is 5.91 Å². The SMILES string of the molecule is Cc1c(C(=O)/C=C/NNC(N)=S)c(C(=O)Nc2ccccc2)nn1-c1ccccc1. The fraction of sp³-hybridized carbons (Fsp3) is 0.0476. The highest BCUT2D eigenvalue weighted by molar-refractivity contribution is 7.80. The average Bonchev–Trinajstić information content (AvgIpc) is 3.09. The quantitative estimate of drug-likeness (QED) is 0.201. The number of ketones is 1. The molecule has 0 atom stereocenters. The van der Waals surface area contributed by atoms with Crippen LogP contribution in [0.15, 0.2) is 72.9 Å². The van der Waals surface area contributed by atoms with E-state index in [9.17, 15) is 9.59 Å². The van der Waals surface area contributed by atoms with Gasteiger partial charge in [0.1, 0.15) is 0 Å². The van der Waals surface area contributed by atoms with E-state index in [0.717, 1.165) is 5.69 Å². The Morgan fingerprint density at radius 2 is 1.70 bits per heavy atom. The number of nitrogens with one attached hydrogen (secondary N) is 3. The lowest BCUT2D eigenvalue weighted by Gasteiger charge is -2.04. The number of nitrogens with two attached hydrogens (primary N) is 1. The summed E-state index contributed by atoms with van der Waals surface area (Å²) in [7, 11) is 0. The number of anilines is 1. The smallest absolute Gasteiger partial charge is 0.276 e. The van der Waals surface area contributed by atoms with Crippen molar-refractivity contribution in [1.82, 2.24) is 20.6 Å². The minimum Gasteiger partial charge on any atom is -0.375 e. The summed E-state index contributed by atoms with van der Waals surface area (Å²) in [6, 6.07) is 18.2. The third kappa shape index (κ3) is 4.89.